The first-order valence-electron chi connectivity index (χ1n) is 6.49. The molecule has 0 aliphatic carbocycles. The fraction of sp³-hybridized carbons (Fsp3) is 0.562. The van der Waals surface area contributed by atoms with Gasteiger partial charge < -0.3 is 5.32 Å². The van der Waals surface area contributed by atoms with Crippen molar-refractivity contribution in [2.75, 3.05) is 6.54 Å². The van der Waals surface area contributed by atoms with Gasteiger partial charge in [-0.3, -0.25) is 4.79 Å². The third kappa shape index (κ3) is 3.42. The van der Waals surface area contributed by atoms with Gasteiger partial charge in [0.2, 0.25) is 0 Å². The topological polar surface area (TPSA) is 29.1 Å². The van der Waals surface area contributed by atoms with E-state index in [4.69, 9.17) is 0 Å². The Morgan fingerprint density at radius 3 is 1.89 bits per heavy atom. The molecule has 0 atom stereocenters. The highest BCUT2D eigenvalue weighted by Gasteiger charge is 2.17. The summed E-state index contributed by atoms with van der Waals surface area (Å²) < 4.78 is 0. The molecule has 1 rings (SSSR count). The van der Waals surface area contributed by atoms with Gasteiger partial charge in [0.05, 0.1) is 6.54 Å². The van der Waals surface area contributed by atoms with Crippen molar-refractivity contribution in [3.8, 4) is 0 Å². The lowest BCUT2D eigenvalue weighted by molar-refractivity contribution is 0.0980. The Morgan fingerprint density at radius 2 is 1.50 bits per heavy atom. The molecule has 0 spiro atoms. The third-order valence-electron chi connectivity index (χ3n) is 3.42. The molecule has 0 amide bonds. The first-order chi connectivity index (χ1) is 8.13. The highest BCUT2D eigenvalue weighted by atomic mass is 16.1. The van der Waals surface area contributed by atoms with Crippen LogP contribution in [-0.2, 0) is 0 Å². The van der Waals surface area contributed by atoms with Crippen molar-refractivity contribution in [3.63, 3.8) is 0 Å². The largest absolute Gasteiger partial charge is 0.305 e. The lowest BCUT2D eigenvalue weighted by Gasteiger charge is -2.21. The number of carbonyl (C=O) groups excluding carboxylic acids is 1. The Balaban J connectivity index is 3.06. The van der Waals surface area contributed by atoms with Gasteiger partial charge in [-0.15, -0.1) is 0 Å². The van der Waals surface area contributed by atoms with Crippen molar-refractivity contribution < 1.29 is 4.79 Å². The van der Waals surface area contributed by atoms with Crippen LogP contribution in [0.5, 0.6) is 0 Å². The number of hydrogen-bond donors (Lipinski definition) is 1. The minimum atomic E-state index is -0.0314. The summed E-state index contributed by atoms with van der Waals surface area (Å²) in [5.41, 5.74) is 5.47. The maximum absolute atomic E-state index is 12.4. The van der Waals surface area contributed by atoms with Gasteiger partial charge in [0.15, 0.2) is 5.78 Å². The monoisotopic (exact) mass is 247 g/mol. The maximum Gasteiger partial charge on any atom is 0.177 e. The molecule has 0 bridgehead atoms. The van der Waals surface area contributed by atoms with E-state index in [1.807, 2.05) is 13.8 Å². The van der Waals surface area contributed by atoms with Gasteiger partial charge in [-0.2, -0.15) is 0 Å². The molecule has 0 aromatic heterocycles. The van der Waals surface area contributed by atoms with Gasteiger partial charge in [0.25, 0.3) is 0 Å². The van der Waals surface area contributed by atoms with Crippen molar-refractivity contribution >= 4 is 5.78 Å². The van der Waals surface area contributed by atoms with Gasteiger partial charge in [-0.05, 0) is 70.7 Å². The summed E-state index contributed by atoms with van der Waals surface area (Å²) >= 11 is 0. The molecule has 100 valence electrons. The number of hydrogen-bond acceptors (Lipinski definition) is 2. The lowest BCUT2D eigenvalue weighted by Crippen LogP contribution is -2.39. The van der Waals surface area contributed by atoms with Crippen molar-refractivity contribution in [2.24, 2.45) is 0 Å². The second-order valence-electron chi connectivity index (χ2n) is 6.16. The number of benzene rings is 1. The number of carbonyl (C=O) groups is 1. The normalized spacial score (nSPS) is 11.7. The van der Waals surface area contributed by atoms with Crippen molar-refractivity contribution in [3.05, 3.63) is 33.9 Å². The van der Waals surface area contributed by atoms with E-state index in [1.165, 1.54) is 11.1 Å². The van der Waals surface area contributed by atoms with E-state index in [1.54, 1.807) is 0 Å². The Kier molecular flexibility index (Phi) is 4.33. The van der Waals surface area contributed by atoms with E-state index in [0.717, 1.165) is 16.7 Å². The van der Waals surface area contributed by atoms with E-state index in [2.05, 4.69) is 46.0 Å². The zero-order valence-corrected chi connectivity index (χ0v) is 12.7. The molecule has 0 radical (unpaired) electrons. The van der Waals surface area contributed by atoms with Gasteiger partial charge >= 0.3 is 0 Å². The Labute approximate surface area is 111 Å². The van der Waals surface area contributed by atoms with Crippen LogP contribution < -0.4 is 5.32 Å². The summed E-state index contributed by atoms with van der Waals surface area (Å²) in [6.45, 7) is 14.8. The third-order valence-corrected chi connectivity index (χ3v) is 3.42. The summed E-state index contributed by atoms with van der Waals surface area (Å²) in [4.78, 5) is 12.4. The number of Topliss-reactive ketones (excluding diaryl/α,β-unsaturated/α-hetero) is 1. The highest BCUT2D eigenvalue weighted by molar-refractivity contribution is 6.00. The van der Waals surface area contributed by atoms with Crippen LogP contribution in [0.1, 0.15) is 53.4 Å². The first-order valence-corrected chi connectivity index (χ1v) is 6.49. The van der Waals surface area contributed by atoms with Crippen LogP contribution in [0, 0.1) is 27.7 Å². The highest BCUT2D eigenvalue weighted by Crippen LogP contribution is 2.22. The van der Waals surface area contributed by atoms with E-state index < -0.39 is 0 Å². The molecule has 0 aliphatic rings. The minimum Gasteiger partial charge on any atom is -0.305 e. The number of aryl methyl sites for hydroxylation is 2. The molecule has 0 aliphatic heterocycles. The van der Waals surface area contributed by atoms with Gasteiger partial charge in [-0.25, -0.2) is 0 Å². The zero-order valence-electron chi connectivity index (χ0n) is 12.7. The minimum absolute atomic E-state index is 0.0314. The molecular formula is C16H25NO. The van der Waals surface area contributed by atoms with E-state index in [-0.39, 0.29) is 11.3 Å². The van der Waals surface area contributed by atoms with Crippen molar-refractivity contribution in [2.45, 2.75) is 54.0 Å². The molecule has 0 unspecified atom stereocenters. The number of ketones is 1. The van der Waals surface area contributed by atoms with Crippen molar-refractivity contribution in [1.29, 1.82) is 0 Å². The number of nitrogens with one attached hydrogen (secondary N) is 1. The lowest BCUT2D eigenvalue weighted by atomic mass is 9.91. The molecular weight excluding hydrogens is 222 g/mol. The van der Waals surface area contributed by atoms with E-state index >= 15 is 0 Å². The quantitative estimate of drug-likeness (QED) is 0.828. The molecule has 0 saturated carbocycles. The average Bonchev–Trinajstić information content (AvgIpc) is 2.23. The molecule has 0 saturated heterocycles. The maximum atomic E-state index is 12.4. The van der Waals surface area contributed by atoms with Crippen LogP contribution >= 0.6 is 0 Å². The predicted molar refractivity (Wildman–Crippen MR) is 77.5 cm³/mol. The van der Waals surface area contributed by atoms with E-state index in [9.17, 15) is 4.79 Å². The van der Waals surface area contributed by atoms with E-state index in [0.29, 0.717) is 6.54 Å². The summed E-state index contributed by atoms with van der Waals surface area (Å²) in [6, 6.07) is 2.15. The molecule has 1 N–H and O–H groups in total. The summed E-state index contributed by atoms with van der Waals surface area (Å²) in [5, 5.41) is 3.26. The van der Waals surface area contributed by atoms with Crippen LogP contribution in [0.25, 0.3) is 0 Å². The molecule has 2 nitrogen and oxygen atoms in total. The molecule has 1 aromatic rings. The van der Waals surface area contributed by atoms with Gasteiger partial charge in [-0.1, -0.05) is 6.07 Å². The summed E-state index contributed by atoms with van der Waals surface area (Å²) in [6.07, 6.45) is 0. The Bertz CT molecular complexity index is 441. The van der Waals surface area contributed by atoms with Crippen LogP contribution in [0.3, 0.4) is 0 Å². The van der Waals surface area contributed by atoms with Gasteiger partial charge in [0.1, 0.15) is 0 Å². The molecule has 0 heterocycles. The standard InChI is InChI=1S/C16H25NO/c1-10-8-11(2)13(4)15(12(10)3)14(18)9-17-16(5,6)7/h8,17H,9H2,1-7H3. The fourth-order valence-corrected chi connectivity index (χ4v) is 2.07. The SMILES string of the molecule is Cc1cc(C)c(C)c(C(=O)CNC(C)(C)C)c1C. The summed E-state index contributed by atoms with van der Waals surface area (Å²) in [5.74, 6) is 0.187. The molecule has 18 heavy (non-hydrogen) atoms. The molecule has 0 fully saturated rings. The second-order valence-corrected chi connectivity index (χ2v) is 6.16. The van der Waals surface area contributed by atoms with Crippen LogP contribution in [-0.4, -0.2) is 17.9 Å². The predicted octanol–water partition coefficient (Wildman–Crippen LogP) is 3.49. The van der Waals surface area contributed by atoms with Crippen LogP contribution in [0.4, 0.5) is 0 Å². The molecule has 2 heteroatoms. The Hall–Kier alpha value is -1.15. The van der Waals surface area contributed by atoms with Gasteiger partial charge in [0, 0.05) is 11.1 Å². The fourth-order valence-electron chi connectivity index (χ4n) is 2.07. The smallest absolute Gasteiger partial charge is 0.177 e. The second kappa shape index (κ2) is 5.23. The van der Waals surface area contributed by atoms with Crippen LogP contribution in [0.2, 0.25) is 0 Å². The number of rotatable bonds is 3. The average molecular weight is 247 g/mol. The van der Waals surface area contributed by atoms with Crippen LogP contribution in [0.15, 0.2) is 6.07 Å². The first kappa shape index (κ1) is 14.9. The Morgan fingerprint density at radius 1 is 1.06 bits per heavy atom. The zero-order chi connectivity index (χ0) is 14.1. The van der Waals surface area contributed by atoms with Crippen molar-refractivity contribution in [1.82, 2.24) is 5.32 Å². The summed E-state index contributed by atoms with van der Waals surface area (Å²) in [7, 11) is 0. The molecule has 1 aromatic carbocycles.